The Hall–Kier alpha value is -1.13. The van der Waals surface area contributed by atoms with Gasteiger partial charge in [0.1, 0.15) is 0 Å². The molecule has 0 saturated carbocycles. The molecule has 0 aliphatic carbocycles. The van der Waals surface area contributed by atoms with Gasteiger partial charge in [-0.15, -0.1) is 0 Å². The van der Waals surface area contributed by atoms with E-state index in [0.29, 0.717) is 0 Å². The number of rotatable bonds is 4. The van der Waals surface area contributed by atoms with E-state index in [-0.39, 0.29) is 18.6 Å². The van der Waals surface area contributed by atoms with Crippen LogP contribution in [0.25, 0.3) is 6.08 Å². The third kappa shape index (κ3) is 4.71. The first-order valence-electron chi connectivity index (χ1n) is 5.38. The Morgan fingerprint density at radius 3 is 2.88 bits per heavy atom. The third-order valence-electron chi connectivity index (χ3n) is 2.23. The van der Waals surface area contributed by atoms with Gasteiger partial charge in [-0.25, -0.2) is 0 Å². The van der Waals surface area contributed by atoms with Crippen LogP contribution >= 0.6 is 15.9 Å². The van der Waals surface area contributed by atoms with Gasteiger partial charge in [0.25, 0.3) is 0 Å². The SMILES string of the molecule is Cc1ccc(/C=C/C(=O)NC(C)CO)c(Br)c1. The van der Waals surface area contributed by atoms with Crippen LogP contribution < -0.4 is 5.32 Å². The van der Waals surface area contributed by atoms with Gasteiger partial charge in [0.2, 0.25) is 5.91 Å². The summed E-state index contributed by atoms with van der Waals surface area (Å²) in [6, 6.07) is 5.69. The smallest absolute Gasteiger partial charge is 0.244 e. The van der Waals surface area contributed by atoms with E-state index in [4.69, 9.17) is 5.11 Å². The zero-order chi connectivity index (χ0) is 12.8. The molecule has 0 saturated heterocycles. The molecule has 1 unspecified atom stereocenters. The summed E-state index contributed by atoms with van der Waals surface area (Å²) in [5.74, 6) is -0.209. The second-order valence-electron chi connectivity index (χ2n) is 3.95. The predicted molar refractivity (Wildman–Crippen MR) is 72.6 cm³/mol. The molecule has 0 radical (unpaired) electrons. The summed E-state index contributed by atoms with van der Waals surface area (Å²) in [5, 5.41) is 11.4. The number of hydrogen-bond donors (Lipinski definition) is 2. The Bertz CT molecular complexity index is 429. The Labute approximate surface area is 110 Å². The molecule has 92 valence electrons. The fourth-order valence-corrected chi connectivity index (χ4v) is 1.89. The summed E-state index contributed by atoms with van der Waals surface area (Å²) in [4.78, 5) is 11.4. The number of aryl methyl sites for hydroxylation is 1. The highest BCUT2D eigenvalue weighted by atomic mass is 79.9. The van der Waals surface area contributed by atoms with Crippen molar-refractivity contribution in [3.05, 3.63) is 39.9 Å². The minimum atomic E-state index is -0.228. The molecular formula is C13H16BrNO2. The molecule has 1 aromatic carbocycles. The lowest BCUT2D eigenvalue weighted by Crippen LogP contribution is -2.33. The van der Waals surface area contributed by atoms with E-state index in [2.05, 4.69) is 21.2 Å². The Balaban J connectivity index is 2.67. The van der Waals surface area contributed by atoms with Gasteiger partial charge in [-0.2, -0.15) is 0 Å². The van der Waals surface area contributed by atoms with E-state index in [1.165, 1.54) is 6.08 Å². The Morgan fingerprint density at radius 2 is 2.29 bits per heavy atom. The van der Waals surface area contributed by atoms with Crippen molar-refractivity contribution >= 4 is 27.9 Å². The number of carbonyl (C=O) groups is 1. The summed E-state index contributed by atoms with van der Waals surface area (Å²) in [6.45, 7) is 3.69. The Morgan fingerprint density at radius 1 is 1.59 bits per heavy atom. The van der Waals surface area contributed by atoms with Gasteiger partial charge >= 0.3 is 0 Å². The molecule has 1 atom stereocenters. The monoisotopic (exact) mass is 297 g/mol. The number of amides is 1. The normalized spacial score (nSPS) is 12.7. The van der Waals surface area contributed by atoms with Gasteiger partial charge < -0.3 is 10.4 Å². The molecule has 0 spiro atoms. The first-order valence-corrected chi connectivity index (χ1v) is 6.18. The molecule has 0 aliphatic heterocycles. The second-order valence-corrected chi connectivity index (χ2v) is 4.80. The van der Waals surface area contributed by atoms with Gasteiger partial charge in [-0.1, -0.05) is 28.1 Å². The van der Waals surface area contributed by atoms with E-state index in [1.807, 2.05) is 25.1 Å². The lowest BCUT2D eigenvalue weighted by atomic mass is 10.1. The molecule has 0 aromatic heterocycles. The zero-order valence-corrected chi connectivity index (χ0v) is 11.5. The molecule has 0 fully saturated rings. The van der Waals surface area contributed by atoms with Crippen LogP contribution in [0.4, 0.5) is 0 Å². The van der Waals surface area contributed by atoms with Gasteiger partial charge in [-0.05, 0) is 37.1 Å². The van der Waals surface area contributed by atoms with E-state index in [0.717, 1.165) is 15.6 Å². The molecule has 3 nitrogen and oxygen atoms in total. The molecule has 1 aromatic rings. The van der Waals surface area contributed by atoms with Crippen LogP contribution in [0.3, 0.4) is 0 Å². The van der Waals surface area contributed by atoms with Crippen molar-refractivity contribution in [2.24, 2.45) is 0 Å². The van der Waals surface area contributed by atoms with Crippen LogP contribution in [-0.4, -0.2) is 23.7 Å². The summed E-state index contributed by atoms with van der Waals surface area (Å²) >= 11 is 3.44. The van der Waals surface area contributed by atoms with Gasteiger partial charge in [-0.3, -0.25) is 4.79 Å². The molecule has 17 heavy (non-hydrogen) atoms. The topological polar surface area (TPSA) is 49.3 Å². The van der Waals surface area contributed by atoms with E-state index < -0.39 is 0 Å². The molecule has 0 aliphatic rings. The highest BCUT2D eigenvalue weighted by Crippen LogP contribution is 2.19. The number of aliphatic hydroxyl groups excluding tert-OH is 1. The molecule has 0 bridgehead atoms. The highest BCUT2D eigenvalue weighted by molar-refractivity contribution is 9.10. The fourth-order valence-electron chi connectivity index (χ4n) is 1.27. The summed E-state index contributed by atoms with van der Waals surface area (Å²) in [7, 11) is 0. The first kappa shape index (κ1) is 13.9. The largest absolute Gasteiger partial charge is 0.394 e. The van der Waals surface area contributed by atoms with Gasteiger partial charge in [0, 0.05) is 16.6 Å². The van der Waals surface area contributed by atoms with Crippen LogP contribution in [0, 0.1) is 6.92 Å². The molecule has 2 N–H and O–H groups in total. The quantitative estimate of drug-likeness (QED) is 0.838. The van der Waals surface area contributed by atoms with Crippen LogP contribution in [0.1, 0.15) is 18.1 Å². The number of hydrogen-bond acceptors (Lipinski definition) is 2. The maximum atomic E-state index is 11.4. The van der Waals surface area contributed by atoms with Crippen LogP contribution in [0.5, 0.6) is 0 Å². The van der Waals surface area contributed by atoms with Crippen molar-refractivity contribution in [1.82, 2.24) is 5.32 Å². The number of nitrogens with one attached hydrogen (secondary N) is 1. The minimum absolute atomic E-state index is 0.0617. The number of carbonyl (C=O) groups excluding carboxylic acids is 1. The number of benzene rings is 1. The number of aliphatic hydroxyl groups is 1. The molecule has 0 heterocycles. The van der Waals surface area contributed by atoms with Crippen LogP contribution in [0.15, 0.2) is 28.7 Å². The average Bonchev–Trinajstić information content (AvgIpc) is 2.27. The average molecular weight is 298 g/mol. The predicted octanol–water partition coefficient (Wildman–Crippen LogP) is 2.27. The van der Waals surface area contributed by atoms with Crippen molar-refractivity contribution in [3.8, 4) is 0 Å². The van der Waals surface area contributed by atoms with Crippen LogP contribution in [0.2, 0.25) is 0 Å². The van der Waals surface area contributed by atoms with Crippen molar-refractivity contribution in [2.75, 3.05) is 6.61 Å². The van der Waals surface area contributed by atoms with Crippen LogP contribution in [-0.2, 0) is 4.79 Å². The first-order chi connectivity index (χ1) is 8.02. The Kier molecular flexibility index (Phi) is 5.38. The highest BCUT2D eigenvalue weighted by Gasteiger charge is 2.02. The van der Waals surface area contributed by atoms with Gasteiger partial charge in [0.05, 0.1) is 6.61 Å². The lowest BCUT2D eigenvalue weighted by Gasteiger charge is -2.07. The maximum absolute atomic E-state index is 11.4. The zero-order valence-electron chi connectivity index (χ0n) is 9.90. The summed E-state index contributed by atoms with van der Waals surface area (Å²) < 4.78 is 0.955. The van der Waals surface area contributed by atoms with E-state index >= 15 is 0 Å². The fraction of sp³-hybridized carbons (Fsp3) is 0.308. The number of halogens is 1. The van der Waals surface area contributed by atoms with E-state index in [1.54, 1.807) is 13.0 Å². The molecular weight excluding hydrogens is 282 g/mol. The molecule has 1 rings (SSSR count). The van der Waals surface area contributed by atoms with E-state index in [9.17, 15) is 4.79 Å². The minimum Gasteiger partial charge on any atom is -0.394 e. The van der Waals surface area contributed by atoms with Gasteiger partial charge in [0.15, 0.2) is 0 Å². The molecule has 1 amide bonds. The standard InChI is InChI=1S/C13H16BrNO2/c1-9-3-4-11(12(14)7-9)5-6-13(17)15-10(2)8-16/h3-7,10,16H,8H2,1-2H3,(H,15,17)/b6-5+. The maximum Gasteiger partial charge on any atom is 0.244 e. The van der Waals surface area contributed by atoms with Crippen molar-refractivity contribution < 1.29 is 9.90 Å². The second kappa shape index (κ2) is 6.57. The molecule has 4 heteroatoms. The van der Waals surface area contributed by atoms with Crippen molar-refractivity contribution in [2.45, 2.75) is 19.9 Å². The summed E-state index contributed by atoms with van der Waals surface area (Å²) in [5.41, 5.74) is 2.11. The lowest BCUT2D eigenvalue weighted by molar-refractivity contribution is -0.117. The van der Waals surface area contributed by atoms with Crippen molar-refractivity contribution in [3.63, 3.8) is 0 Å². The third-order valence-corrected chi connectivity index (χ3v) is 2.92. The summed E-state index contributed by atoms with van der Waals surface area (Å²) in [6.07, 6.45) is 3.20. The van der Waals surface area contributed by atoms with Crippen molar-refractivity contribution in [1.29, 1.82) is 0 Å².